The topological polar surface area (TPSA) is 50.4 Å². The number of carbonyl (C=O) groups is 1. The number of halogens is 1. The maximum absolute atomic E-state index is 12.8. The fraction of sp³-hybridized carbons (Fsp3) is 0.188. The van der Waals surface area contributed by atoms with Crippen molar-refractivity contribution < 1.29 is 13.9 Å². The molecular weight excluding hydrogens is 271 g/mol. The summed E-state index contributed by atoms with van der Waals surface area (Å²) in [5.41, 5.74) is 0.978. The molecule has 0 unspecified atom stereocenters. The van der Waals surface area contributed by atoms with Gasteiger partial charge in [-0.05, 0) is 49.0 Å². The minimum absolute atomic E-state index is 0.0517. The van der Waals surface area contributed by atoms with Crippen molar-refractivity contribution in [2.75, 3.05) is 13.6 Å². The van der Waals surface area contributed by atoms with Crippen molar-refractivity contribution in [1.82, 2.24) is 10.6 Å². The third-order valence-electron chi connectivity index (χ3n) is 2.80. The van der Waals surface area contributed by atoms with E-state index in [0.29, 0.717) is 24.6 Å². The minimum atomic E-state index is -0.296. The van der Waals surface area contributed by atoms with Crippen LogP contribution >= 0.6 is 0 Å². The monoisotopic (exact) mass is 288 g/mol. The molecular formula is C16H17FN2O2. The summed E-state index contributed by atoms with van der Waals surface area (Å²) in [6.07, 6.45) is 0. The van der Waals surface area contributed by atoms with Crippen LogP contribution in [-0.2, 0) is 11.3 Å². The molecule has 0 spiro atoms. The first-order chi connectivity index (χ1) is 10.2. The number of rotatable bonds is 6. The van der Waals surface area contributed by atoms with Gasteiger partial charge in [-0.25, -0.2) is 4.39 Å². The van der Waals surface area contributed by atoms with Gasteiger partial charge >= 0.3 is 0 Å². The summed E-state index contributed by atoms with van der Waals surface area (Å²) in [5, 5.41) is 5.58. The van der Waals surface area contributed by atoms with Gasteiger partial charge < -0.3 is 15.4 Å². The van der Waals surface area contributed by atoms with E-state index in [1.807, 2.05) is 24.3 Å². The van der Waals surface area contributed by atoms with E-state index in [2.05, 4.69) is 10.6 Å². The van der Waals surface area contributed by atoms with Crippen LogP contribution in [0.1, 0.15) is 5.56 Å². The zero-order valence-electron chi connectivity index (χ0n) is 11.7. The Labute approximate surface area is 122 Å². The van der Waals surface area contributed by atoms with E-state index in [1.165, 1.54) is 12.1 Å². The van der Waals surface area contributed by atoms with E-state index in [1.54, 1.807) is 19.2 Å². The lowest BCUT2D eigenvalue weighted by molar-refractivity contribution is -0.120. The second-order valence-corrected chi connectivity index (χ2v) is 4.51. The Morgan fingerprint density at radius 1 is 1.05 bits per heavy atom. The van der Waals surface area contributed by atoms with Crippen molar-refractivity contribution in [3.05, 3.63) is 59.9 Å². The number of amides is 1. The number of likely N-dealkylation sites (N-methyl/N-ethyl adjacent to an activating group) is 1. The lowest BCUT2D eigenvalue weighted by atomic mass is 10.2. The van der Waals surface area contributed by atoms with Gasteiger partial charge in [-0.15, -0.1) is 0 Å². The maximum atomic E-state index is 12.8. The van der Waals surface area contributed by atoms with Crippen molar-refractivity contribution >= 4 is 5.91 Å². The number of ether oxygens (including phenoxy) is 1. The Hall–Kier alpha value is -2.40. The van der Waals surface area contributed by atoms with Gasteiger partial charge in [0.2, 0.25) is 5.91 Å². The van der Waals surface area contributed by atoms with Crippen LogP contribution in [0.4, 0.5) is 4.39 Å². The predicted octanol–water partition coefficient (Wildman–Crippen LogP) is 2.45. The van der Waals surface area contributed by atoms with Crippen molar-refractivity contribution in [3.63, 3.8) is 0 Å². The molecule has 0 atom stereocenters. The Balaban J connectivity index is 1.89. The quantitative estimate of drug-likeness (QED) is 0.858. The number of hydrogen-bond donors (Lipinski definition) is 2. The summed E-state index contributed by atoms with van der Waals surface area (Å²) in [6.45, 7) is 0.767. The standard InChI is InChI=1S/C16H17FN2O2/c1-18-11-16(20)19-10-12-2-6-14(7-3-12)21-15-8-4-13(17)5-9-15/h2-9,18H,10-11H2,1H3,(H,19,20). The third kappa shape index (κ3) is 4.89. The van der Waals surface area contributed by atoms with Crippen LogP contribution in [-0.4, -0.2) is 19.5 Å². The van der Waals surface area contributed by atoms with Crippen LogP contribution in [0.3, 0.4) is 0 Å². The molecule has 21 heavy (non-hydrogen) atoms. The molecule has 0 radical (unpaired) electrons. The van der Waals surface area contributed by atoms with Gasteiger partial charge in [-0.2, -0.15) is 0 Å². The molecule has 110 valence electrons. The highest BCUT2D eigenvalue weighted by molar-refractivity contribution is 5.77. The molecule has 2 N–H and O–H groups in total. The molecule has 1 amide bonds. The first kappa shape index (κ1) is 15.0. The first-order valence-electron chi connectivity index (χ1n) is 6.61. The van der Waals surface area contributed by atoms with Crippen LogP contribution in [0.2, 0.25) is 0 Å². The van der Waals surface area contributed by atoms with Gasteiger partial charge in [-0.3, -0.25) is 4.79 Å². The number of benzene rings is 2. The fourth-order valence-corrected chi connectivity index (χ4v) is 1.74. The molecule has 0 fully saturated rings. The lowest BCUT2D eigenvalue weighted by Gasteiger charge is -2.08. The first-order valence-corrected chi connectivity index (χ1v) is 6.61. The van der Waals surface area contributed by atoms with E-state index < -0.39 is 0 Å². The van der Waals surface area contributed by atoms with Gasteiger partial charge in [0.05, 0.1) is 6.54 Å². The molecule has 0 bridgehead atoms. The fourth-order valence-electron chi connectivity index (χ4n) is 1.74. The van der Waals surface area contributed by atoms with Crippen molar-refractivity contribution in [3.8, 4) is 11.5 Å². The number of carbonyl (C=O) groups excluding carboxylic acids is 1. The van der Waals surface area contributed by atoms with Gasteiger partial charge in [0.15, 0.2) is 0 Å². The SMILES string of the molecule is CNCC(=O)NCc1ccc(Oc2ccc(F)cc2)cc1. The van der Waals surface area contributed by atoms with Crippen LogP contribution in [0.25, 0.3) is 0 Å². The highest BCUT2D eigenvalue weighted by Crippen LogP contribution is 2.21. The highest BCUT2D eigenvalue weighted by atomic mass is 19.1. The minimum Gasteiger partial charge on any atom is -0.457 e. The largest absolute Gasteiger partial charge is 0.457 e. The summed E-state index contributed by atoms with van der Waals surface area (Å²) in [7, 11) is 1.72. The van der Waals surface area contributed by atoms with Crippen molar-refractivity contribution in [2.24, 2.45) is 0 Å². The van der Waals surface area contributed by atoms with E-state index in [9.17, 15) is 9.18 Å². The van der Waals surface area contributed by atoms with Gasteiger partial charge in [0.1, 0.15) is 17.3 Å². The summed E-state index contributed by atoms with van der Waals surface area (Å²) in [6, 6.07) is 13.2. The normalized spacial score (nSPS) is 10.2. The molecule has 2 aromatic rings. The Bertz CT molecular complexity index is 582. The molecule has 4 nitrogen and oxygen atoms in total. The highest BCUT2D eigenvalue weighted by Gasteiger charge is 2.01. The number of hydrogen-bond acceptors (Lipinski definition) is 3. The zero-order valence-corrected chi connectivity index (χ0v) is 11.7. The third-order valence-corrected chi connectivity index (χ3v) is 2.80. The van der Waals surface area contributed by atoms with Crippen LogP contribution < -0.4 is 15.4 Å². The van der Waals surface area contributed by atoms with Crippen molar-refractivity contribution in [2.45, 2.75) is 6.54 Å². The van der Waals surface area contributed by atoms with Crippen LogP contribution in [0.15, 0.2) is 48.5 Å². The van der Waals surface area contributed by atoms with E-state index in [4.69, 9.17) is 4.74 Å². The molecule has 0 saturated heterocycles. The molecule has 2 rings (SSSR count). The lowest BCUT2D eigenvalue weighted by Crippen LogP contribution is -2.31. The van der Waals surface area contributed by atoms with E-state index >= 15 is 0 Å². The van der Waals surface area contributed by atoms with E-state index in [-0.39, 0.29) is 11.7 Å². The van der Waals surface area contributed by atoms with Crippen molar-refractivity contribution in [1.29, 1.82) is 0 Å². The molecule has 0 saturated carbocycles. The van der Waals surface area contributed by atoms with Gasteiger partial charge in [0, 0.05) is 6.54 Å². The maximum Gasteiger partial charge on any atom is 0.234 e. The molecule has 0 aliphatic carbocycles. The second-order valence-electron chi connectivity index (χ2n) is 4.51. The summed E-state index contributed by atoms with van der Waals surface area (Å²) >= 11 is 0. The molecule has 2 aromatic carbocycles. The summed E-state index contributed by atoms with van der Waals surface area (Å²) in [4.78, 5) is 11.3. The van der Waals surface area contributed by atoms with Crippen LogP contribution in [0.5, 0.6) is 11.5 Å². The Kier molecular flexibility index (Phi) is 5.29. The van der Waals surface area contributed by atoms with Gasteiger partial charge in [-0.1, -0.05) is 12.1 Å². The molecule has 0 heterocycles. The van der Waals surface area contributed by atoms with Crippen LogP contribution in [0, 0.1) is 5.82 Å². The second kappa shape index (κ2) is 7.40. The zero-order chi connectivity index (χ0) is 15.1. The molecule has 0 aliphatic heterocycles. The smallest absolute Gasteiger partial charge is 0.234 e. The average Bonchev–Trinajstić information content (AvgIpc) is 2.49. The van der Waals surface area contributed by atoms with Gasteiger partial charge in [0.25, 0.3) is 0 Å². The Morgan fingerprint density at radius 3 is 2.19 bits per heavy atom. The number of nitrogens with one attached hydrogen (secondary N) is 2. The molecule has 5 heteroatoms. The average molecular weight is 288 g/mol. The predicted molar refractivity (Wildman–Crippen MR) is 78.7 cm³/mol. The molecule has 0 aliphatic rings. The molecule has 0 aromatic heterocycles. The van der Waals surface area contributed by atoms with E-state index in [0.717, 1.165) is 5.56 Å². The summed E-state index contributed by atoms with van der Waals surface area (Å²) < 4.78 is 18.4. The summed E-state index contributed by atoms with van der Waals surface area (Å²) in [5.74, 6) is 0.887. The Morgan fingerprint density at radius 2 is 1.62 bits per heavy atom.